The molecule has 0 aliphatic heterocycles. The Labute approximate surface area is 195 Å². The van der Waals surface area contributed by atoms with Gasteiger partial charge in [0, 0.05) is 44.0 Å². The lowest BCUT2D eigenvalue weighted by molar-refractivity contribution is -0.384. The number of hydrogen-bond acceptors (Lipinski definition) is 9. The molecule has 1 heterocycles. The van der Waals surface area contributed by atoms with Crippen molar-refractivity contribution in [3.63, 3.8) is 0 Å². The summed E-state index contributed by atoms with van der Waals surface area (Å²) < 4.78 is 6.31. The van der Waals surface area contributed by atoms with Crippen LogP contribution < -0.4 is 20.3 Å². The van der Waals surface area contributed by atoms with Crippen molar-refractivity contribution in [2.75, 3.05) is 56.9 Å². The maximum atomic E-state index is 11.8. The number of halogens is 1. The third-order valence-electron chi connectivity index (χ3n) is 6.20. The molecule has 1 aromatic heterocycles. The van der Waals surface area contributed by atoms with E-state index in [1.54, 1.807) is 12.3 Å². The van der Waals surface area contributed by atoms with Gasteiger partial charge >= 0.3 is 0 Å². The van der Waals surface area contributed by atoms with Crippen LogP contribution in [0.25, 0.3) is 0 Å². The second-order valence-corrected chi connectivity index (χ2v) is 9.78. The van der Waals surface area contributed by atoms with E-state index in [4.69, 9.17) is 4.74 Å². The summed E-state index contributed by atoms with van der Waals surface area (Å²) in [5, 5.41) is 18.5. The van der Waals surface area contributed by atoms with Gasteiger partial charge in [-0.1, -0.05) is 0 Å². The Hall–Kier alpha value is -2.66. The van der Waals surface area contributed by atoms with E-state index in [1.165, 1.54) is 32.4 Å². The van der Waals surface area contributed by atoms with Crippen LogP contribution in [0.3, 0.4) is 0 Å². The minimum Gasteiger partial charge on any atom is -0.494 e. The lowest BCUT2D eigenvalue weighted by Crippen LogP contribution is -2.63. The van der Waals surface area contributed by atoms with Gasteiger partial charge in [-0.3, -0.25) is 10.1 Å². The Kier molecular flexibility index (Phi) is 6.13. The predicted molar refractivity (Wildman–Crippen MR) is 128 cm³/mol. The van der Waals surface area contributed by atoms with Crippen LogP contribution in [-0.2, 0) is 0 Å². The van der Waals surface area contributed by atoms with Crippen LogP contribution in [0.1, 0.15) is 19.3 Å². The van der Waals surface area contributed by atoms with Crippen molar-refractivity contribution in [2.45, 2.75) is 24.8 Å². The van der Waals surface area contributed by atoms with Crippen LogP contribution in [0.5, 0.6) is 5.75 Å². The molecule has 3 fully saturated rings. The summed E-state index contributed by atoms with van der Waals surface area (Å²) in [5.41, 5.74) is 1.07. The van der Waals surface area contributed by atoms with Crippen LogP contribution >= 0.6 is 15.9 Å². The molecule has 0 unspecified atom stereocenters. The lowest BCUT2D eigenvalue weighted by atomic mass is 9.50. The molecule has 3 saturated carbocycles. The molecular weight excluding hydrogens is 478 g/mol. The largest absolute Gasteiger partial charge is 0.494 e. The van der Waals surface area contributed by atoms with Crippen molar-refractivity contribution in [1.82, 2.24) is 14.9 Å². The predicted octanol–water partition coefficient (Wildman–Crippen LogP) is 3.86. The molecular formula is C21H28BrN7O3. The summed E-state index contributed by atoms with van der Waals surface area (Å²) in [6.07, 6.45) is 5.20. The minimum absolute atomic E-state index is 0.0149. The van der Waals surface area contributed by atoms with Gasteiger partial charge < -0.3 is 25.2 Å². The van der Waals surface area contributed by atoms with Gasteiger partial charge in [0.15, 0.2) is 0 Å². The number of rotatable bonds is 10. The number of ether oxygens (including phenoxy) is 1. The van der Waals surface area contributed by atoms with Crippen LogP contribution in [-0.4, -0.2) is 66.7 Å². The molecule has 2 N–H and O–H groups in total. The summed E-state index contributed by atoms with van der Waals surface area (Å²) in [6, 6.07) is 3.15. The van der Waals surface area contributed by atoms with Crippen molar-refractivity contribution in [3.8, 4) is 5.75 Å². The summed E-state index contributed by atoms with van der Waals surface area (Å²) in [6.45, 7) is 1.40. The molecule has 10 nitrogen and oxygen atoms in total. The SMILES string of the molecule is COc1cc(N(C)CCN(C)C)c([N+](=O)[O-])cc1Nc1ncc(Br)c(NC23CC(C2)C3)n1. The molecule has 5 rings (SSSR count). The van der Waals surface area contributed by atoms with Crippen molar-refractivity contribution < 1.29 is 9.66 Å². The summed E-state index contributed by atoms with van der Waals surface area (Å²) in [4.78, 5) is 24.2. The first-order chi connectivity index (χ1) is 15.2. The minimum atomic E-state index is -0.385. The fourth-order valence-corrected chi connectivity index (χ4v) is 4.55. The van der Waals surface area contributed by atoms with E-state index in [1.807, 2.05) is 30.9 Å². The van der Waals surface area contributed by atoms with E-state index < -0.39 is 0 Å². The molecule has 2 bridgehead atoms. The van der Waals surface area contributed by atoms with Gasteiger partial charge in [-0.15, -0.1) is 0 Å². The highest BCUT2D eigenvalue weighted by molar-refractivity contribution is 9.10. The molecule has 3 aliphatic rings. The van der Waals surface area contributed by atoms with E-state index in [9.17, 15) is 10.1 Å². The van der Waals surface area contributed by atoms with Crippen LogP contribution in [0.2, 0.25) is 0 Å². The number of benzene rings is 1. The third kappa shape index (κ3) is 4.44. The fraction of sp³-hybridized carbons (Fsp3) is 0.524. The number of nitrogens with zero attached hydrogens (tertiary/aromatic N) is 5. The Morgan fingerprint density at radius 1 is 1.28 bits per heavy atom. The highest BCUT2D eigenvalue weighted by atomic mass is 79.9. The molecule has 3 aliphatic carbocycles. The van der Waals surface area contributed by atoms with Gasteiger partial charge in [0.25, 0.3) is 5.69 Å². The molecule has 0 saturated heterocycles. The Bertz CT molecular complexity index is 1020. The number of aromatic nitrogens is 2. The Morgan fingerprint density at radius 3 is 2.56 bits per heavy atom. The molecule has 11 heteroatoms. The summed E-state index contributed by atoms with van der Waals surface area (Å²) in [7, 11) is 7.29. The van der Waals surface area contributed by atoms with E-state index in [-0.39, 0.29) is 16.1 Å². The van der Waals surface area contributed by atoms with Crippen LogP contribution in [0.15, 0.2) is 22.8 Å². The smallest absolute Gasteiger partial charge is 0.294 e. The molecule has 0 atom stereocenters. The standard InChI is InChI=1S/C21H28BrN7O3/c1-27(2)5-6-28(3)16-8-18(32-4)15(7-17(16)29(30)31)24-20-23-12-14(22)19(25-20)26-21-9-13(10-21)11-21/h7-8,12-13H,5-6,9-11H2,1-4H3,(H2,23,24,25,26). The molecule has 0 radical (unpaired) electrons. The van der Waals surface area contributed by atoms with Crippen LogP contribution in [0, 0.1) is 16.0 Å². The van der Waals surface area contributed by atoms with Gasteiger partial charge in [0.05, 0.1) is 22.2 Å². The lowest BCUT2D eigenvalue weighted by Gasteiger charge is -2.62. The maximum Gasteiger partial charge on any atom is 0.294 e. The number of methoxy groups -OCH3 is 1. The number of hydrogen-bond donors (Lipinski definition) is 2. The topological polar surface area (TPSA) is 109 Å². The highest BCUT2D eigenvalue weighted by Gasteiger charge is 2.56. The number of nitrogens with one attached hydrogen (secondary N) is 2. The van der Waals surface area contributed by atoms with Crippen molar-refractivity contribution in [2.24, 2.45) is 5.92 Å². The zero-order valence-electron chi connectivity index (χ0n) is 18.7. The number of nitro benzene ring substituents is 1. The van der Waals surface area contributed by atoms with E-state index in [2.05, 4.69) is 36.5 Å². The molecule has 2 aromatic rings. The fourth-order valence-electron chi connectivity index (χ4n) is 4.26. The van der Waals surface area contributed by atoms with Crippen molar-refractivity contribution >= 4 is 44.8 Å². The molecule has 172 valence electrons. The van der Waals surface area contributed by atoms with E-state index in [0.717, 1.165) is 16.9 Å². The summed E-state index contributed by atoms with van der Waals surface area (Å²) in [5.74, 6) is 2.38. The molecule has 0 amide bonds. The Balaban J connectivity index is 1.60. The third-order valence-corrected chi connectivity index (χ3v) is 6.78. The number of likely N-dealkylation sites (N-methyl/N-ethyl adjacent to an activating group) is 2. The molecule has 1 aromatic carbocycles. The van der Waals surface area contributed by atoms with Crippen LogP contribution in [0.4, 0.5) is 28.8 Å². The zero-order valence-corrected chi connectivity index (χ0v) is 20.3. The first kappa shape index (κ1) is 22.5. The van der Waals surface area contributed by atoms with E-state index >= 15 is 0 Å². The quantitative estimate of drug-likeness (QED) is 0.367. The first-order valence-corrected chi connectivity index (χ1v) is 11.3. The van der Waals surface area contributed by atoms with Gasteiger partial charge in [0.1, 0.15) is 17.3 Å². The normalized spacial score (nSPS) is 20.9. The van der Waals surface area contributed by atoms with Crippen molar-refractivity contribution in [3.05, 3.63) is 32.9 Å². The highest BCUT2D eigenvalue weighted by Crippen LogP contribution is 2.58. The second kappa shape index (κ2) is 8.70. The average molecular weight is 506 g/mol. The summed E-state index contributed by atoms with van der Waals surface area (Å²) >= 11 is 3.51. The average Bonchev–Trinajstić information content (AvgIpc) is 2.69. The maximum absolute atomic E-state index is 11.8. The monoisotopic (exact) mass is 505 g/mol. The molecule has 0 spiro atoms. The van der Waals surface area contributed by atoms with Gasteiger partial charge in [-0.05, 0) is 55.2 Å². The zero-order chi connectivity index (χ0) is 23.0. The molecule has 32 heavy (non-hydrogen) atoms. The second-order valence-electron chi connectivity index (χ2n) is 8.92. The van der Waals surface area contributed by atoms with Gasteiger partial charge in [-0.2, -0.15) is 4.98 Å². The Morgan fingerprint density at radius 2 is 2.00 bits per heavy atom. The van der Waals surface area contributed by atoms with Gasteiger partial charge in [0.2, 0.25) is 5.95 Å². The van der Waals surface area contributed by atoms with E-state index in [0.29, 0.717) is 35.4 Å². The van der Waals surface area contributed by atoms with Crippen molar-refractivity contribution in [1.29, 1.82) is 0 Å². The number of nitro groups is 1. The number of anilines is 4. The first-order valence-electron chi connectivity index (χ1n) is 10.5. The van der Waals surface area contributed by atoms with Gasteiger partial charge in [-0.25, -0.2) is 4.98 Å².